The molecule has 0 bridgehead atoms. The zero-order valence-electron chi connectivity index (χ0n) is 7.62. The maximum absolute atomic E-state index is 11.8. The van der Waals surface area contributed by atoms with Gasteiger partial charge < -0.3 is 9.84 Å². The fourth-order valence-electron chi connectivity index (χ4n) is 1.04. The molecule has 2 nitrogen and oxygen atoms in total. The van der Waals surface area contributed by atoms with Gasteiger partial charge in [-0.3, -0.25) is 0 Å². The second kappa shape index (κ2) is 5.54. The predicted molar refractivity (Wildman–Crippen MR) is 48.7 cm³/mol. The highest BCUT2D eigenvalue weighted by Crippen LogP contribution is 2.13. The lowest BCUT2D eigenvalue weighted by atomic mass is 10.1. The van der Waals surface area contributed by atoms with Crippen molar-refractivity contribution in [2.24, 2.45) is 0 Å². The first-order chi connectivity index (χ1) is 6.72. The Morgan fingerprint density at radius 2 is 1.86 bits per heavy atom. The van der Waals surface area contributed by atoms with E-state index in [9.17, 15) is 8.78 Å². The van der Waals surface area contributed by atoms with Crippen LogP contribution in [0.2, 0.25) is 0 Å². The maximum Gasteiger partial charge on any atom is 0.272 e. The molecule has 1 N–H and O–H groups in total. The fourth-order valence-corrected chi connectivity index (χ4v) is 1.04. The lowest BCUT2D eigenvalue weighted by molar-refractivity contribution is 0.0819. The summed E-state index contributed by atoms with van der Waals surface area (Å²) in [6.45, 7) is -0.503. The van der Waals surface area contributed by atoms with Crippen LogP contribution in [0, 0.1) is 0 Å². The summed E-state index contributed by atoms with van der Waals surface area (Å²) >= 11 is 0. The zero-order chi connectivity index (χ0) is 10.4. The third-order valence-corrected chi connectivity index (χ3v) is 1.70. The number of hydrogen-bond donors (Lipinski definition) is 1. The Morgan fingerprint density at radius 1 is 1.21 bits per heavy atom. The number of aliphatic hydroxyl groups is 1. The van der Waals surface area contributed by atoms with Gasteiger partial charge in [0.15, 0.2) is 0 Å². The van der Waals surface area contributed by atoms with Crippen molar-refractivity contribution in [1.82, 2.24) is 0 Å². The number of ether oxygens (including phenoxy) is 1. The summed E-state index contributed by atoms with van der Waals surface area (Å²) in [5.41, 5.74) is 0.955. The topological polar surface area (TPSA) is 29.5 Å². The lowest BCUT2D eigenvalue weighted by Crippen LogP contribution is -2.06. The molecule has 1 aromatic carbocycles. The molecule has 0 radical (unpaired) electrons. The summed E-state index contributed by atoms with van der Waals surface area (Å²) in [6, 6.07) is 6.73. The Balaban J connectivity index is 2.46. The van der Waals surface area contributed by atoms with E-state index >= 15 is 0 Å². The van der Waals surface area contributed by atoms with Crippen LogP contribution < -0.4 is 4.74 Å². The molecule has 4 heteroatoms. The molecule has 0 amide bonds. The minimum Gasteiger partial charge on any atom is -0.488 e. The zero-order valence-corrected chi connectivity index (χ0v) is 7.62. The smallest absolute Gasteiger partial charge is 0.272 e. The summed E-state index contributed by atoms with van der Waals surface area (Å²) < 4.78 is 28.3. The van der Waals surface area contributed by atoms with E-state index in [1.807, 2.05) is 0 Å². The molecule has 0 aliphatic heterocycles. The van der Waals surface area contributed by atoms with Gasteiger partial charge in [-0.2, -0.15) is 0 Å². The van der Waals surface area contributed by atoms with Crippen LogP contribution in [-0.4, -0.2) is 24.7 Å². The minimum absolute atomic E-state index is 0.0806. The third kappa shape index (κ3) is 3.70. The van der Waals surface area contributed by atoms with Gasteiger partial charge in [0.1, 0.15) is 12.4 Å². The molecule has 0 saturated heterocycles. The first kappa shape index (κ1) is 10.9. The Hall–Kier alpha value is -1.16. The molecule has 0 heterocycles. The van der Waals surface area contributed by atoms with Crippen LogP contribution in [0.4, 0.5) is 8.78 Å². The summed E-state index contributed by atoms with van der Waals surface area (Å²) in [5, 5.41) is 8.63. The molecule has 0 atom stereocenters. The highest BCUT2D eigenvalue weighted by atomic mass is 19.3. The van der Waals surface area contributed by atoms with E-state index in [1.54, 1.807) is 24.3 Å². The molecule has 0 aliphatic rings. The van der Waals surface area contributed by atoms with Crippen LogP contribution in [0.15, 0.2) is 24.3 Å². The highest BCUT2D eigenvalue weighted by Gasteiger charge is 2.02. The van der Waals surface area contributed by atoms with Crippen molar-refractivity contribution in [3.8, 4) is 5.75 Å². The van der Waals surface area contributed by atoms with Crippen LogP contribution in [0.25, 0.3) is 0 Å². The summed E-state index contributed by atoms with van der Waals surface area (Å²) in [7, 11) is 0. The molecule has 0 aliphatic carbocycles. The van der Waals surface area contributed by atoms with Gasteiger partial charge in [-0.15, -0.1) is 0 Å². The molecule has 0 aromatic heterocycles. The van der Waals surface area contributed by atoms with Gasteiger partial charge in [0.05, 0.1) is 0 Å². The summed E-state index contributed by atoms with van der Waals surface area (Å²) in [5.74, 6) is 0.423. The van der Waals surface area contributed by atoms with Gasteiger partial charge in [-0.05, 0) is 24.1 Å². The summed E-state index contributed by atoms with van der Waals surface area (Å²) in [4.78, 5) is 0. The van der Waals surface area contributed by atoms with Crippen molar-refractivity contribution in [3.63, 3.8) is 0 Å². The standard InChI is InChI=1S/C10H12F2O2/c11-10(12)7-14-9-3-1-8(2-4-9)5-6-13/h1-4,10,13H,5-7H2. The Morgan fingerprint density at radius 3 is 2.36 bits per heavy atom. The van der Waals surface area contributed by atoms with Crippen LogP contribution in [0.5, 0.6) is 5.75 Å². The van der Waals surface area contributed by atoms with E-state index in [2.05, 4.69) is 0 Å². The SMILES string of the molecule is OCCc1ccc(OCC(F)F)cc1. The molecular formula is C10H12F2O2. The van der Waals surface area contributed by atoms with Crippen molar-refractivity contribution in [2.75, 3.05) is 13.2 Å². The molecule has 0 unspecified atom stereocenters. The van der Waals surface area contributed by atoms with Crippen molar-refractivity contribution in [1.29, 1.82) is 0 Å². The first-order valence-corrected chi connectivity index (χ1v) is 4.33. The molecule has 1 aromatic rings. The number of hydrogen-bond acceptors (Lipinski definition) is 2. The number of halogens is 2. The van der Waals surface area contributed by atoms with Crippen molar-refractivity contribution >= 4 is 0 Å². The first-order valence-electron chi connectivity index (χ1n) is 4.33. The van der Waals surface area contributed by atoms with Gasteiger partial charge in [0, 0.05) is 6.61 Å². The van der Waals surface area contributed by atoms with Gasteiger partial charge in [0.2, 0.25) is 0 Å². The van der Waals surface area contributed by atoms with Gasteiger partial charge in [-0.25, -0.2) is 8.78 Å². The monoisotopic (exact) mass is 202 g/mol. The summed E-state index contributed by atoms with van der Waals surface area (Å²) in [6.07, 6.45) is -1.89. The average molecular weight is 202 g/mol. The van der Waals surface area contributed by atoms with E-state index in [4.69, 9.17) is 9.84 Å². The highest BCUT2D eigenvalue weighted by molar-refractivity contribution is 5.27. The quantitative estimate of drug-likeness (QED) is 0.789. The molecule has 78 valence electrons. The van der Waals surface area contributed by atoms with Crippen molar-refractivity contribution < 1.29 is 18.6 Å². The largest absolute Gasteiger partial charge is 0.488 e. The van der Waals surface area contributed by atoms with E-state index in [1.165, 1.54) is 0 Å². The van der Waals surface area contributed by atoms with Crippen LogP contribution in [0.3, 0.4) is 0 Å². The van der Waals surface area contributed by atoms with Crippen molar-refractivity contribution in [2.45, 2.75) is 12.8 Å². The normalized spacial score (nSPS) is 10.6. The predicted octanol–water partition coefficient (Wildman–Crippen LogP) is 1.87. The van der Waals surface area contributed by atoms with Crippen LogP contribution in [0.1, 0.15) is 5.56 Å². The molecule has 0 saturated carbocycles. The van der Waals surface area contributed by atoms with E-state index < -0.39 is 13.0 Å². The number of alkyl halides is 2. The third-order valence-electron chi connectivity index (χ3n) is 1.70. The molecule has 0 spiro atoms. The minimum atomic E-state index is -2.45. The molecule has 0 fully saturated rings. The van der Waals surface area contributed by atoms with Crippen LogP contribution in [-0.2, 0) is 6.42 Å². The Labute approximate surface area is 81.1 Å². The number of aliphatic hydroxyl groups excluding tert-OH is 1. The van der Waals surface area contributed by atoms with Gasteiger partial charge >= 0.3 is 0 Å². The maximum atomic E-state index is 11.8. The number of benzene rings is 1. The van der Waals surface area contributed by atoms with Gasteiger partial charge in [0.25, 0.3) is 6.43 Å². The second-order valence-corrected chi connectivity index (χ2v) is 2.82. The Bertz CT molecular complexity index is 259. The van der Waals surface area contributed by atoms with E-state index in [0.717, 1.165) is 5.56 Å². The number of rotatable bonds is 5. The van der Waals surface area contributed by atoms with E-state index in [0.29, 0.717) is 12.2 Å². The molecule has 14 heavy (non-hydrogen) atoms. The lowest BCUT2D eigenvalue weighted by Gasteiger charge is -2.05. The second-order valence-electron chi connectivity index (χ2n) is 2.82. The Kier molecular flexibility index (Phi) is 4.32. The average Bonchev–Trinajstić information content (AvgIpc) is 2.17. The molecular weight excluding hydrogens is 190 g/mol. The van der Waals surface area contributed by atoms with Crippen molar-refractivity contribution in [3.05, 3.63) is 29.8 Å². The fraction of sp³-hybridized carbons (Fsp3) is 0.400. The van der Waals surface area contributed by atoms with Gasteiger partial charge in [-0.1, -0.05) is 12.1 Å². The van der Waals surface area contributed by atoms with Crippen LogP contribution >= 0.6 is 0 Å². The van der Waals surface area contributed by atoms with E-state index in [-0.39, 0.29) is 6.61 Å². The molecule has 1 rings (SSSR count).